The Bertz CT molecular complexity index is 1800. The molecule has 1 spiro atoms. The third-order valence-corrected chi connectivity index (χ3v) is 10.0. The van der Waals surface area contributed by atoms with Gasteiger partial charge in [0, 0.05) is 5.23 Å². The Kier molecular flexibility index (Phi) is 3.15. The second-order valence-corrected chi connectivity index (χ2v) is 12.4. The smallest absolute Gasteiger partial charge is 0.544 e. The fraction of sp³-hybridized carbons (Fsp3) is 0.500. The molecular weight excluding hydrogens is 587 g/mol. The van der Waals surface area contributed by atoms with Crippen molar-refractivity contribution in [2.45, 2.75) is 29.2 Å². The van der Waals surface area contributed by atoms with Crippen molar-refractivity contribution in [1.29, 1.82) is 0 Å². The number of aromatic amines is 2. The fourth-order valence-corrected chi connectivity index (χ4v) is 8.97. The van der Waals surface area contributed by atoms with Crippen molar-refractivity contribution in [3.05, 3.63) is 26.0 Å². The Morgan fingerprint density at radius 3 is 2.24 bits per heavy atom. The SMILES string of the molecule is O=c1[nH]c2[n+]([O-])c3c1[nH]c(=O)n3C1(OC3(C45OOP(=O)(O4)O5)OP4(=O)OC1(O)C3(O)O4)OP1(=O)ON2O1. The zero-order valence-corrected chi connectivity index (χ0v) is 19.2. The molecule has 24 nitrogen and oxygen atoms in total. The number of fused-ring (bicyclic) bond motifs is 2. The summed E-state index contributed by atoms with van der Waals surface area (Å²) in [6, 6.07) is 0. The van der Waals surface area contributed by atoms with Gasteiger partial charge in [-0.3, -0.25) is 14.5 Å². The van der Waals surface area contributed by atoms with Crippen molar-refractivity contribution in [2.24, 2.45) is 0 Å². The number of hydrogen-bond donors (Lipinski definition) is 4. The van der Waals surface area contributed by atoms with Crippen LogP contribution >= 0.6 is 23.5 Å². The second kappa shape index (κ2) is 5.35. The van der Waals surface area contributed by atoms with Crippen molar-refractivity contribution < 1.29 is 79.3 Å². The van der Waals surface area contributed by atoms with E-state index in [1.54, 1.807) is 0 Å². The molecule has 7 fully saturated rings. The lowest BCUT2D eigenvalue weighted by atomic mass is 9.95. The molecule has 0 saturated carbocycles. The molecule has 37 heavy (non-hydrogen) atoms. The standard InChI is InChI=1S/C10H4N5O19P3/c16-2-1-3-13(5(17)11-1)9(29-37(23)32-15(33-37)4(12-2)14(3)20)7(19)6(18)8(24-9,28-35(21,26-6)27-7)10-25-34-36(22,30-10)31-10/h18-19H,(H,11,17)(H,12,16). The summed E-state index contributed by atoms with van der Waals surface area (Å²) >= 11 is 0. The van der Waals surface area contributed by atoms with E-state index in [1.807, 2.05) is 9.97 Å². The molecule has 198 valence electrons. The molecule has 7 saturated heterocycles. The van der Waals surface area contributed by atoms with Gasteiger partial charge >= 0.3 is 69.9 Å². The number of nitrogens with zero attached hydrogens (tertiary/aromatic N) is 3. The van der Waals surface area contributed by atoms with Crippen LogP contribution < -0.4 is 21.2 Å². The van der Waals surface area contributed by atoms with Crippen LogP contribution in [0.1, 0.15) is 0 Å². The fourth-order valence-electron chi connectivity index (χ4n) is 4.84. The van der Waals surface area contributed by atoms with E-state index in [1.165, 1.54) is 0 Å². The maximum atomic E-state index is 13.2. The first kappa shape index (κ1) is 21.8. The van der Waals surface area contributed by atoms with Gasteiger partial charge in [0.1, 0.15) is 0 Å². The van der Waals surface area contributed by atoms with Gasteiger partial charge < -0.3 is 15.4 Å². The normalized spacial score (nSPS) is 53.9. The molecule has 0 aromatic carbocycles. The molecule has 4 N–H and O–H groups in total. The molecule has 9 aliphatic heterocycles. The maximum Gasteiger partial charge on any atom is 0.544 e. The number of phosphoric ester groups is 2. The van der Waals surface area contributed by atoms with E-state index in [9.17, 15) is 38.7 Å². The molecule has 8 bridgehead atoms. The number of H-pyrrole nitrogens is 2. The molecule has 0 amide bonds. The van der Waals surface area contributed by atoms with Gasteiger partial charge in [-0.05, 0) is 0 Å². The number of aliphatic hydroxyl groups is 2. The third kappa shape index (κ3) is 1.90. The van der Waals surface area contributed by atoms with E-state index in [4.69, 9.17) is 41.1 Å². The number of hydrogen-bond acceptors (Lipinski definition) is 20. The minimum absolute atomic E-state index is 0.00656. The summed E-state index contributed by atoms with van der Waals surface area (Å²) in [5.74, 6) is -18.8. The molecular formula is C10H4N5O19P3. The van der Waals surface area contributed by atoms with Crippen LogP contribution in [0.3, 0.4) is 0 Å². The van der Waals surface area contributed by atoms with Crippen LogP contribution in [-0.2, 0) is 70.3 Å². The lowest BCUT2D eigenvalue weighted by molar-refractivity contribution is -0.576. The van der Waals surface area contributed by atoms with E-state index >= 15 is 0 Å². The van der Waals surface area contributed by atoms with E-state index in [2.05, 4.69) is 9.56 Å². The van der Waals surface area contributed by atoms with Gasteiger partial charge in [0.2, 0.25) is 5.65 Å². The minimum Gasteiger partial charge on any atom is -0.754 e. The van der Waals surface area contributed by atoms with Crippen LogP contribution in [0, 0.1) is 5.21 Å². The van der Waals surface area contributed by atoms with Crippen LogP contribution in [-0.4, -0.2) is 48.1 Å². The molecule has 9 aliphatic rings. The molecule has 0 aliphatic carbocycles. The zero-order chi connectivity index (χ0) is 25.8. The van der Waals surface area contributed by atoms with Crippen molar-refractivity contribution in [1.82, 2.24) is 14.5 Å². The molecule has 2 aromatic rings. The number of anilines is 1. The average molecular weight is 591 g/mol. The van der Waals surface area contributed by atoms with Gasteiger partial charge in [0.15, 0.2) is 5.52 Å². The van der Waals surface area contributed by atoms with Crippen molar-refractivity contribution in [3.63, 3.8) is 0 Å². The molecule has 27 heteroatoms. The quantitative estimate of drug-likeness (QED) is 0.112. The first-order valence-corrected chi connectivity index (χ1v) is 13.8. The van der Waals surface area contributed by atoms with E-state index in [0.29, 0.717) is 0 Å². The van der Waals surface area contributed by atoms with Gasteiger partial charge in [-0.1, -0.05) is 9.25 Å². The zero-order valence-electron chi connectivity index (χ0n) is 16.5. The Morgan fingerprint density at radius 1 is 0.892 bits per heavy atom. The van der Waals surface area contributed by atoms with Gasteiger partial charge in [-0.25, -0.2) is 55.3 Å². The van der Waals surface area contributed by atoms with Gasteiger partial charge in [-0.2, -0.15) is 9.45 Å². The number of rotatable bonds is 1. The van der Waals surface area contributed by atoms with Crippen molar-refractivity contribution in [2.75, 3.05) is 5.23 Å². The van der Waals surface area contributed by atoms with Crippen LogP contribution in [0.4, 0.5) is 5.95 Å². The monoisotopic (exact) mass is 591 g/mol. The Hall–Kier alpha value is -2.08. The lowest BCUT2D eigenvalue weighted by Gasteiger charge is -2.43. The maximum absolute atomic E-state index is 13.2. The topological polar surface area (TPSA) is 294 Å². The predicted octanol–water partition coefficient (Wildman–Crippen LogP) is -2.86. The van der Waals surface area contributed by atoms with Gasteiger partial charge in [0.25, 0.3) is 0 Å². The number of phosphoric acid groups is 3. The molecule has 5 atom stereocenters. The molecule has 2 aromatic heterocycles. The summed E-state index contributed by atoms with van der Waals surface area (Å²) in [5.41, 5.74) is -4.52. The van der Waals surface area contributed by atoms with Gasteiger partial charge in [-0.15, -0.1) is 4.67 Å². The summed E-state index contributed by atoms with van der Waals surface area (Å²) in [6.07, 6.45) is 0. The van der Waals surface area contributed by atoms with Gasteiger partial charge in [0.05, 0.1) is 0 Å². The summed E-state index contributed by atoms with van der Waals surface area (Å²) in [4.78, 5) is 34.4. The highest BCUT2D eigenvalue weighted by Gasteiger charge is 3.06. The highest BCUT2D eigenvalue weighted by Crippen LogP contribution is 2.89. The molecule has 0 radical (unpaired) electrons. The summed E-state index contributed by atoms with van der Waals surface area (Å²) < 4.78 is 87.6. The van der Waals surface area contributed by atoms with Crippen molar-refractivity contribution in [3.8, 4) is 0 Å². The van der Waals surface area contributed by atoms with Crippen LogP contribution in [0.25, 0.3) is 11.2 Å². The summed E-state index contributed by atoms with van der Waals surface area (Å²) in [6.45, 7) is 0. The summed E-state index contributed by atoms with van der Waals surface area (Å²) in [7, 11) is -14.7. The minimum atomic E-state index is -5.19. The second-order valence-electron chi connectivity index (χ2n) is 8.15. The largest absolute Gasteiger partial charge is 0.754 e. The number of nitrogens with one attached hydrogen (secondary N) is 2. The average Bonchev–Trinajstić information content (AvgIpc) is 3.50. The molecule has 5 unspecified atom stereocenters. The van der Waals surface area contributed by atoms with E-state index in [-0.39, 0.29) is 14.5 Å². The number of ether oxygens (including phenoxy) is 1. The molecule has 11 rings (SSSR count). The highest BCUT2D eigenvalue weighted by molar-refractivity contribution is 7.50. The first-order valence-electron chi connectivity index (χ1n) is 9.44. The predicted molar refractivity (Wildman–Crippen MR) is 92.7 cm³/mol. The van der Waals surface area contributed by atoms with E-state index in [0.717, 1.165) is 0 Å². The molecule has 11 heterocycles. The Balaban J connectivity index is 1.42. The Labute approximate surface area is 195 Å². The number of aromatic nitrogens is 4. The van der Waals surface area contributed by atoms with E-state index < -0.39 is 81.1 Å². The third-order valence-electron chi connectivity index (χ3n) is 6.21. The number of imidazole rings is 1. The van der Waals surface area contributed by atoms with Crippen LogP contribution in [0.5, 0.6) is 0 Å². The van der Waals surface area contributed by atoms with Crippen LogP contribution in [0.2, 0.25) is 0 Å². The van der Waals surface area contributed by atoms with Crippen molar-refractivity contribution >= 4 is 40.6 Å². The Morgan fingerprint density at radius 2 is 1.59 bits per heavy atom. The highest BCUT2D eigenvalue weighted by atomic mass is 31.2. The lowest BCUT2D eigenvalue weighted by Crippen LogP contribution is -2.73. The van der Waals surface area contributed by atoms with Crippen LogP contribution in [0.15, 0.2) is 9.59 Å². The summed E-state index contributed by atoms with van der Waals surface area (Å²) in [5, 5.41) is 36.5. The first-order chi connectivity index (χ1) is 17.2.